The normalized spacial score (nSPS) is 13.6. The van der Waals surface area contributed by atoms with Crippen LogP contribution in [0.5, 0.6) is 23.0 Å². The van der Waals surface area contributed by atoms with Crippen LogP contribution in [0.2, 0.25) is 0 Å². The molecule has 0 aromatic heterocycles. The molecule has 7 heteroatoms. The number of hydrogen-bond donors (Lipinski definition) is 1. The molecule has 0 amide bonds. The lowest BCUT2D eigenvalue weighted by atomic mass is 10.0. The highest BCUT2D eigenvalue weighted by molar-refractivity contribution is 5.58. The van der Waals surface area contributed by atoms with E-state index < -0.39 is 6.36 Å². The number of nitrogens with zero attached hydrogens (tertiary/aromatic N) is 1. The van der Waals surface area contributed by atoms with Crippen LogP contribution >= 0.6 is 0 Å². The molecule has 1 heterocycles. The molecule has 0 saturated heterocycles. The standard InChI is InChI=1S/C23H20F3NO3/c24-23(25,26)30-21-10-8-20(9-11-21)29-19-6-3-16(4-7-19)15-27-13-1-2-17-14-18(28)5-12-22(17)27/h3-12,14,28H,1-2,13,15H2. The molecule has 0 saturated carbocycles. The van der Waals surface area contributed by atoms with E-state index in [0.717, 1.165) is 42.7 Å². The smallest absolute Gasteiger partial charge is 0.508 e. The zero-order valence-corrected chi connectivity index (χ0v) is 16.0. The molecule has 0 fully saturated rings. The lowest BCUT2D eigenvalue weighted by Gasteiger charge is -2.31. The van der Waals surface area contributed by atoms with Crippen molar-refractivity contribution in [3.05, 3.63) is 77.9 Å². The van der Waals surface area contributed by atoms with E-state index in [4.69, 9.17) is 4.74 Å². The number of alkyl halides is 3. The summed E-state index contributed by atoms with van der Waals surface area (Å²) in [7, 11) is 0. The van der Waals surface area contributed by atoms with Crippen LogP contribution < -0.4 is 14.4 Å². The van der Waals surface area contributed by atoms with Crippen LogP contribution in [0.25, 0.3) is 0 Å². The first-order chi connectivity index (χ1) is 14.4. The largest absolute Gasteiger partial charge is 0.573 e. The minimum atomic E-state index is -4.71. The average Bonchev–Trinajstić information content (AvgIpc) is 2.70. The summed E-state index contributed by atoms with van der Waals surface area (Å²) in [4.78, 5) is 2.29. The van der Waals surface area contributed by atoms with Crippen molar-refractivity contribution in [1.29, 1.82) is 0 Å². The molecule has 4 nitrogen and oxygen atoms in total. The van der Waals surface area contributed by atoms with Crippen molar-refractivity contribution in [3.8, 4) is 23.0 Å². The third-order valence-electron chi connectivity index (χ3n) is 4.87. The van der Waals surface area contributed by atoms with E-state index in [9.17, 15) is 18.3 Å². The number of phenolic OH excluding ortho intramolecular Hbond substituents is 1. The Balaban J connectivity index is 1.39. The second-order valence-electron chi connectivity index (χ2n) is 7.10. The number of ether oxygens (including phenoxy) is 2. The van der Waals surface area contributed by atoms with Crippen molar-refractivity contribution in [2.45, 2.75) is 25.7 Å². The number of aryl methyl sites for hydroxylation is 1. The molecule has 3 aromatic carbocycles. The van der Waals surface area contributed by atoms with Gasteiger partial charge in [0.25, 0.3) is 0 Å². The van der Waals surface area contributed by atoms with Gasteiger partial charge in [0.05, 0.1) is 0 Å². The number of halogens is 3. The quantitative estimate of drug-likeness (QED) is 0.552. The Hall–Kier alpha value is -3.35. The van der Waals surface area contributed by atoms with Crippen molar-refractivity contribution in [3.63, 3.8) is 0 Å². The fourth-order valence-electron chi connectivity index (χ4n) is 3.55. The van der Waals surface area contributed by atoms with Crippen LogP contribution in [0.15, 0.2) is 66.7 Å². The van der Waals surface area contributed by atoms with E-state index >= 15 is 0 Å². The zero-order chi connectivity index (χ0) is 21.1. The number of hydrogen-bond acceptors (Lipinski definition) is 4. The SMILES string of the molecule is Oc1ccc2c(c1)CCCN2Cc1ccc(Oc2ccc(OC(F)(F)F)cc2)cc1. The lowest BCUT2D eigenvalue weighted by Crippen LogP contribution is -2.28. The Morgan fingerprint density at radius 3 is 2.17 bits per heavy atom. The monoisotopic (exact) mass is 415 g/mol. The fraction of sp³-hybridized carbons (Fsp3) is 0.217. The maximum atomic E-state index is 12.2. The Labute approximate surface area is 172 Å². The number of benzene rings is 3. The van der Waals surface area contributed by atoms with Gasteiger partial charge in [0, 0.05) is 18.8 Å². The van der Waals surface area contributed by atoms with E-state index in [1.165, 1.54) is 24.3 Å². The molecular weight excluding hydrogens is 395 g/mol. The molecule has 0 radical (unpaired) electrons. The molecular formula is C23H20F3NO3. The predicted octanol–water partition coefficient (Wildman–Crippen LogP) is 6.04. The van der Waals surface area contributed by atoms with Gasteiger partial charge in [0.15, 0.2) is 0 Å². The summed E-state index contributed by atoms with van der Waals surface area (Å²) < 4.78 is 46.2. The van der Waals surface area contributed by atoms with Crippen molar-refractivity contribution in [2.24, 2.45) is 0 Å². The van der Waals surface area contributed by atoms with E-state index in [0.29, 0.717) is 11.5 Å². The minimum absolute atomic E-state index is 0.287. The average molecular weight is 415 g/mol. The Bertz CT molecular complexity index is 1000. The summed E-state index contributed by atoms with van der Waals surface area (Å²) >= 11 is 0. The summed E-state index contributed by atoms with van der Waals surface area (Å²) in [6, 6.07) is 18.3. The Morgan fingerprint density at radius 1 is 0.867 bits per heavy atom. The first-order valence-corrected chi connectivity index (χ1v) is 9.55. The summed E-state index contributed by atoms with van der Waals surface area (Å²) in [5.74, 6) is 1.00. The van der Waals surface area contributed by atoms with Crippen molar-refractivity contribution >= 4 is 5.69 Å². The van der Waals surface area contributed by atoms with Crippen molar-refractivity contribution in [1.82, 2.24) is 0 Å². The van der Waals surface area contributed by atoms with Gasteiger partial charge < -0.3 is 19.5 Å². The maximum Gasteiger partial charge on any atom is 0.573 e. The predicted molar refractivity (Wildman–Crippen MR) is 107 cm³/mol. The minimum Gasteiger partial charge on any atom is -0.508 e. The van der Waals surface area contributed by atoms with Gasteiger partial charge in [-0.15, -0.1) is 13.2 Å². The molecule has 0 aliphatic carbocycles. The van der Waals surface area contributed by atoms with Gasteiger partial charge in [-0.25, -0.2) is 0 Å². The molecule has 30 heavy (non-hydrogen) atoms. The van der Waals surface area contributed by atoms with Gasteiger partial charge in [0.1, 0.15) is 23.0 Å². The van der Waals surface area contributed by atoms with Gasteiger partial charge in [-0.1, -0.05) is 12.1 Å². The summed E-state index contributed by atoms with van der Waals surface area (Å²) in [5, 5.41) is 9.69. The van der Waals surface area contributed by atoms with Crippen LogP contribution in [0.4, 0.5) is 18.9 Å². The van der Waals surface area contributed by atoms with Gasteiger partial charge >= 0.3 is 6.36 Å². The van der Waals surface area contributed by atoms with Crippen LogP contribution in [0, 0.1) is 0 Å². The molecule has 1 aliphatic heterocycles. The maximum absolute atomic E-state index is 12.2. The molecule has 1 aliphatic rings. The van der Waals surface area contributed by atoms with Crippen LogP contribution in [-0.4, -0.2) is 18.0 Å². The highest BCUT2D eigenvalue weighted by atomic mass is 19.4. The lowest BCUT2D eigenvalue weighted by molar-refractivity contribution is -0.274. The fourth-order valence-corrected chi connectivity index (χ4v) is 3.55. The number of fused-ring (bicyclic) bond motifs is 1. The Kier molecular flexibility index (Phi) is 5.44. The molecule has 1 N–H and O–H groups in total. The van der Waals surface area contributed by atoms with Gasteiger partial charge in [-0.3, -0.25) is 0 Å². The molecule has 0 unspecified atom stereocenters. The number of phenols is 1. The molecule has 0 atom stereocenters. The van der Waals surface area contributed by atoms with E-state index in [1.807, 2.05) is 36.4 Å². The summed E-state index contributed by atoms with van der Waals surface area (Å²) in [6.45, 7) is 1.68. The highest BCUT2D eigenvalue weighted by Gasteiger charge is 2.31. The van der Waals surface area contributed by atoms with E-state index in [-0.39, 0.29) is 11.5 Å². The zero-order valence-electron chi connectivity index (χ0n) is 16.0. The number of aromatic hydroxyl groups is 1. The number of anilines is 1. The summed E-state index contributed by atoms with van der Waals surface area (Å²) in [6.07, 6.45) is -2.72. The van der Waals surface area contributed by atoms with Crippen molar-refractivity contribution < 1.29 is 27.8 Å². The Morgan fingerprint density at radius 2 is 1.50 bits per heavy atom. The molecule has 0 bridgehead atoms. The first kappa shape index (κ1) is 19.9. The van der Waals surface area contributed by atoms with Crippen LogP contribution in [0.3, 0.4) is 0 Å². The number of rotatable bonds is 5. The van der Waals surface area contributed by atoms with Gasteiger partial charge in [-0.05, 0) is 78.6 Å². The first-order valence-electron chi connectivity index (χ1n) is 9.55. The molecule has 156 valence electrons. The topological polar surface area (TPSA) is 41.9 Å². The van der Waals surface area contributed by atoms with Crippen LogP contribution in [-0.2, 0) is 13.0 Å². The van der Waals surface area contributed by atoms with E-state index in [2.05, 4.69) is 9.64 Å². The summed E-state index contributed by atoms with van der Waals surface area (Å²) in [5.41, 5.74) is 3.40. The molecule has 4 rings (SSSR count). The van der Waals surface area contributed by atoms with Crippen LogP contribution in [0.1, 0.15) is 17.5 Å². The van der Waals surface area contributed by atoms with E-state index in [1.54, 1.807) is 6.07 Å². The van der Waals surface area contributed by atoms with Crippen molar-refractivity contribution in [2.75, 3.05) is 11.4 Å². The second-order valence-corrected chi connectivity index (χ2v) is 7.10. The molecule has 0 spiro atoms. The van der Waals surface area contributed by atoms with Gasteiger partial charge in [-0.2, -0.15) is 0 Å². The third kappa shape index (κ3) is 4.97. The second kappa shape index (κ2) is 8.18. The third-order valence-corrected chi connectivity index (χ3v) is 4.87. The highest BCUT2D eigenvalue weighted by Crippen LogP contribution is 2.32. The molecule has 3 aromatic rings. The van der Waals surface area contributed by atoms with Gasteiger partial charge in [0.2, 0.25) is 0 Å².